The quantitative estimate of drug-likeness (QED) is 0.907. The molecular weight excluding hydrogens is 234 g/mol. The number of pyridine rings is 1. The average molecular weight is 248 g/mol. The number of nitrogens with zero attached hydrogens (tertiary/aromatic N) is 1. The first-order valence-corrected chi connectivity index (χ1v) is 5.69. The molecular formula is C14H14F2N2. The van der Waals surface area contributed by atoms with E-state index < -0.39 is 11.6 Å². The molecule has 0 radical (unpaired) electrons. The summed E-state index contributed by atoms with van der Waals surface area (Å²) in [5, 5.41) is 0. The minimum Gasteiger partial charge on any atom is -0.322 e. The van der Waals surface area contributed by atoms with Crippen molar-refractivity contribution < 1.29 is 8.78 Å². The molecule has 18 heavy (non-hydrogen) atoms. The van der Waals surface area contributed by atoms with Gasteiger partial charge in [-0.25, -0.2) is 8.78 Å². The number of aryl methyl sites for hydroxylation is 1. The largest absolute Gasteiger partial charge is 0.322 e. The Morgan fingerprint density at radius 1 is 1.17 bits per heavy atom. The van der Waals surface area contributed by atoms with Crippen LogP contribution in [0.4, 0.5) is 8.78 Å². The van der Waals surface area contributed by atoms with E-state index in [-0.39, 0.29) is 6.04 Å². The predicted molar refractivity (Wildman–Crippen MR) is 66.0 cm³/mol. The second-order valence-electron chi connectivity index (χ2n) is 4.26. The third-order valence-electron chi connectivity index (χ3n) is 2.73. The van der Waals surface area contributed by atoms with Crippen LogP contribution in [0.3, 0.4) is 0 Å². The molecule has 2 aromatic rings. The Hall–Kier alpha value is -1.81. The van der Waals surface area contributed by atoms with Crippen molar-refractivity contribution in [1.82, 2.24) is 4.98 Å². The zero-order valence-corrected chi connectivity index (χ0v) is 10.0. The molecule has 0 aliphatic rings. The topological polar surface area (TPSA) is 38.9 Å². The average Bonchev–Trinajstić information content (AvgIpc) is 2.34. The molecule has 0 saturated heterocycles. The summed E-state index contributed by atoms with van der Waals surface area (Å²) in [6.45, 7) is 1.88. The highest BCUT2D eigenvalue weighted by molar-refractivity contribution is 5.21. The molecule has 1 aromatic heterocycles. The van der Waals surface area contributed by atoms with Gasteiger partial charge >= 0.3 is 0 Å². The fourth-order valence-corrected chi connectivity index (χ4v) is 1.80. The van der Waals surface area contributed by atoms with E-state index in [2.05, 4.69) is 4.98 Å². The maximum Gasteiger partial charge on any atom is 0.159 e. The van der Waals surface area contributed by atoms with E-state index in [1.165, 1.54) is 12.1 Å². The predicted octanol–water partition coefficient (Wildman–Crippen LogP) is 2.91. The maximum atomic E-state index is 13.1. The van der Waals surface area contributed by atoms with Crippen molar-refractivity contribution in [3.63, 3.8) is 0 Å². The molecule has 0 amide bonds. The van der Waals surface area contributed by atoms with Crippen LogP contribution in [0.2, 0.25) is 0 Å². The third kappa shape index (κ3) is 2.90. The number of halogens is 2. The van der Waals surface area contributed by atoms with Gasteiger partial charge in [-0.3, -0.25) is 4.98 Å². The molecule has 94 valence electrons. The summed E-state index contributed by atoms with van der Waals surface area (Å²) in [5.74, 6) is -1.70. The van der Waals surface area contributed by atoms with Gasteiger partial charge in [0.25, 0.3) is 0 Å². The Kier molecular flexibility index (Phi) is 3.67. The van der Waals surface area contributed by atoms with E-state index in [0.29, 0.717) is 12.0 Å². The number of hydrogen-bond donors (Lipinski definition) is 1. The molecule has 0 spiro atoms. The molecule has 0 fully saturated rings. The monoisotopic (exact) mass is 248 g/mol. The van der Waals surface area contributed by atoms with Crippen LogP contribution in [-0.4, -0.2) is 4.98 Å². The SMILES string of the molecule is Cc1cccc(C(N)Cc2ccc(F)c(F)c2)n1. The van der Waals surface area contributed by atoms with Crippen molar-refractivity contribution in [2.24, 2.45) is 5.73 Å². The van der Waals surface area contributed by atoms with Gasteiger partial charge in [0.15, 0.2) is 11.6 Å². The van der Waals surface area contributed by atoms with Gasteiger partial charge in [0, 0.05) is 5.69 Å². The van der Waals surface area contributed by atoms with Crippen molar-refractivity contribution in [2.45, 2.75) is 19.4 Å². The van der Waals surface area contributed by atoms with E-state index in [4.69, 9.17) is 5.73 Å². The summed E-state index contributed by atoms with van der Waals surface area (Å²) < 4.78 is 25.9. The minimum absolute atomic E-state index is 0.324. The molecule has 0 saturated carbocycles. The lowest BCUT2D eigenvalue weighted by atomic mass is 10.0. The number of aromatic nitrogens is 1. The standard InChI is InChI=1S/C14H14F2N2/c1-9-3-2-4-14(18-9)13(17)8-10-5-6-11(15)12(16)7-10/h2-7,13H,8,17H2,1H3. The third-order valence-corrected chi connectivity index (χ3v) is 2.73. The molecule has 1 unspecified atom stereocenters. The van der Waals surface area contributed by atoms with Gasteiger partial charge in [-0.2, -0.15) is 0 Å². The molecule has 2 rings (SSSR count). The van der Waals surface area contributed by atoms with E-state index in [9.17, 15) is 8.78 Å². The van der Waals surface area contributed by atoms with E-state index in [1.54, 1.807) is 0 Å². The first-order chi connectivity index (χ1) is 8.56. The van der Waals surface area contributed by atoms with Crippen molar-refractivity contribution >= 4 is 0 Å². The maximum absolute atomic E-state index is 13.1. The lowest BCUT2D eigenvalue weighted by molar-refractivity contribution is 0.506. The van der Waals surface area contributed by atoms with E-state index in [1.807, 2.05) is 25.1 Å². The first kappa shape index (κ1) is 12.6. The number of rotatable bonds is 3. The van der Waals surface area contributed by atoms with Gasteiger partial charge in [0.05, 0.1) is 11.7 Å². The zero-order chi connectivity index (χ0) is 13.1. The lowest BCUT2D eigenvalue weighted by Gasteiger charge is -2.12. The van der Waals surface area contributed by atoms with Gasteiger partial charge in [-0.05, 0) is 43.2 Å². The highest BCUT2D eigenvalue weighted by Gasteiger charge is 2.10. The van der Waals surface area contributed by atoms with Crippen LogP contribution >= 0.6 is 0 Å². The Bertz CT molecular complexity index is 555. The van der Waals surface area contributed by atoms with Crippen LogP contribution in [0.1, 0.15) is 23.0 Å². The minimum atomic E-state index is -0.850. The van der Waals surface area contributed by atoms with Gasteiger partial charge in [0.2, 0.25) is 0 Å². The molecule has 2 nitrogen and oxygen atoms in total. The summed E-state index contributed by atoms with van der Waals surface area (Å²) in [4.78, 5) is 4.32. The van der Waals surface area contributed by atoms with Crippen LogP contribution in [-0.2, 0) is 6.42 Å². The summed E-state index contributed by atoms with van der Waals surface area (Å²) in [6.07, 6.45) is 0.424. The lowest BCUT2D eigenvalue weighted by Crippen LogP contribution is -2.15. The fraction of sp³-hybridized carbons (Fsp3) is 0.214. The van der Waals surface area contributed by atoms with Crippen LogP contribution in [0.15, 0.2) is 36.4 Å². The Morgan fingerprint density at radius 2 is 1.94 bits per heavy atom. The Morgan fingerprint density at radius 3 is 2.61 bits per heavy atom. The van der Waals surface area contributed by atoms with Crippen molar-refractivity contribution in [3.8, 4) is 0 Å². The zero-order valence-electron chi connectivity index (χ0n) is 10.0. The number of nitrogens with two attached hydrogens (primary N) is 1. The molecule has 0 aliphatic heterocycles. The number of hydrogen-bond acceptors (Lipinski definition) is 2. The smallest absolute Gasteiger partial charge is 0.159 e. The highest BCUT2D eigenvalue weighted by atomic mass is 19.2. The molecule has 2 N–H and O–H groups in total. The van der Waals surface area contributed by atoms with Crippen molar-refractivity contribution in [1.29, 1.82) is 0 Å². The summed E-state index contributed by atoms with van der Waals surface area (Å²) >= 11 is 0. The van der Waals surface area contributed by atoms with Crippen LogP contribution in [0.25, 0.3) is 0 Å². The van der Waals surface area contributed by atoms with Gasteiger partial charge < -0.3 is 5.73 Å². The van der Waals surface area contributed by atoms with E-state index in [0.717, 1.165) is 17.5 Å². The first-order valence-electron chi connectivity index (χ1n) is 5.69. The van der Waals surface area contributed by atoms with Crippen LogP contribution < -0.4 is 5.73 Å². The van der Waals surface area contributed by atoms with Crippen LogP contribution in [0, 0.1) is 18.6 Å². The van der Waals surface area contributed by atoms with Crippen molar-refractivity contribution in [3.05, 3.63) is 65.0 Å². The van der Waals surface area contributed by atoms with Gasteiger partial charge in [0.1, 0.15) is 0 Å². The molecule has 1 aromatic carbocycles. The molecule has 1 heterocycles. The summed E-state index contributed by atoms with van der Waals surface area (Å²) in [6, 6.07) is 9.09. The van der Waals surface area contributed by atoms with E-state index >= 15 is 0 Å². The summed E-state index contributed by atoms with van der Waals surface area (Å²) in [5.41, 5.74) is 8.29. The van der Waals surface area contributed by atoms with Gasteiger partial charge in [-0.15, -0.1) is 0 Å². The van der Waals surface area contributed by atoms with Crippen LogP contribution in [0.5, 0.6) is 0 Å². The highest BCUT2D eigenvalue weighted by Crippen LogP contribution is 2.16. The fourth-order valence-electron chi connectivity index (χ4n) is 1.80. The summed E-state index contributed by atoms with van der Waals surface area (Å²) in [7, 11) is 0. The number of benzene rings is 1. The Labute approximate surface area is 104 Å². The second-order valence-corrected chi connectivity index (χ2v) is 4.26. The Balaban J connectivity index is 2.16. The second kappa shape index (κ2) is 5.23. The molecule has 1 atom stereocenters. The molecule has 4 heteroatoms. The normalized spacial score (nSPS) is 12.4. The van der Waals surface area contributed by atoms with Gasteiger partial charge in [-0.1, -0.05) is 12.1 Å². The molecule has 0 bridgehead atoms. The molecule has 0 aliphatic carbocycles. The van der Waals surface area contributed by atoms with Crippen molar-refractivity contribution in [2.75, 3.05) is 0 Å².